The average molecular weight is 424 g/mol. The topological polar surface area (TPSA) is 102 Å². The number of carbonyl (C=O) groups excluding carboxylic acids is 1. The summed E-state index contributed by atoms with van der Waals surface area (Å²) >= 11 is 6.02. The molecule has 30 heavy (non-hydrogen) atoms. The first kappa shape index (κ1) is 19.7. The fraction of sp³-hybridized carbons (Fsp3) is 0.143. The number of halogens is 1. The van der Waals surface area contributed by atoms with Gasteiger partial charge < -0.3 is 5.32 Å². The summed E-state index contributed by atoms with van der Waals surface area (Å²) in [6, 6.07) is 15.6. The largest absolute Gasteiger partial charge is 0.311 e. The molecule has 2 aromatic carbocycles. The first-order valence-corrected chi connectivity index (χ1v) is 9.67. The first-order valence-electron chi connectivity index (χ1n) is 9.29. The molecule has 0 aliphatic rings. The minimum Gasteiger partial charge on any atom is -0.311 e. The highest BCUT2D eigenvalue weighted by atomic mass is 35.5. The number of H-pyrrole nitrogens is 1. The predicted molar refractivity (Wildman–Crippen MR) is 115 cm³/mol. The van der Waals surface area contributed by atoms with Crippen LogP contribution in [0.4, 0.5) is 5.82 Å². The molecule has 9 heteroatoms. The zero-order valence-electron chi connectivity index (χ0n) is 15.8. The van der Waals surface area contributed by atoms with E-state index in [9.17, 15) is 14.4 Å². The van der Waals surface area contributed by atoms with Crippen molar-refractivity contribution in [2.45, 2.75) is 19.5 Å². The van der Waals surface area contributed by atoms with E-state index in [1.54, 1.807) is 47.3 Å². The van der Waals surface area contributed by atoms with Crippen molar-refractivity contribution in [3.8, 4) is 0 Å². The van der Waals surface area contributed by atoms with Crippen LogP contribution < -0.4 is 16.4 Å². The molecule has 0 aliphatic heterocycles. The van der Waals surface area contributed by atoms with Gasteiger partial charge in [0.15, 0.2) is 0 Å². The van der Waals surface area contributed by atoms with Gasteiger partial charge in [-0.15, -0.1) is 0 Å². The number of carbonyl (C=O) groups is 1. The van der Waals surface area contributed by atoms with Crippen molar-refractivity contribution in [2.75, 3.05) is 5.32 Å². The van der Waals surface area contributed by atoms with E-state index in [1.165, 1.54) is 0 Å². The molecule has 0 radical (unpaired) electrons. The lowest BCUT2D eigenvalue weighted by Crippen LogP contribution is -2.31. The Bertz CT molecular complexity index is 1340. The van der Waals surface area contributed by atoms with Gasteiger partial charge in [0.05, 0.1) is 30.1 Å². The smallest absolute Gasteiger partial charge is 0.273 e. The highest BCUT2D eigenvalue weighted by Gasteiger charge is 2.11. The van der Waals surface area contributed by atoms with Crippen LogP contribution in [0.2, 0.25) is 5.02 Å². The molecule has 2 aromatic heterocycles. The maximum atomic E-state index is 12.5. The standard InChI is InChI=1S/C21H18ClN5O3/c22-15-5-3-4-14(12-15)13-27-18(8-10-23-27)24-19(28)9-11-26-21(30)17-7-2-1-6-16(17)20(29)25-26/h1-8,10,12H,9,11,13H2,(H,24,28)(H,25,29). The Morgan fingerprint density at radius 2 is 1.87 bits per heavy atom. The highest BCUT2D eigenvalue weighted by Crippen LogP contribution is 2.14. The second-order valence-corrected chi connectivity index (χ2v) is 7.18. The molecule has 2 N–H and O–H groups in total. The predicted octanol–water partition coefficient (Wildman–Crippen LogP) is 2.62. The molecule has 4 rings (SSSR count). The van der Waals surface area contributed by atoms with Gasteiger partial charge in [0.1, 0.15) is 5.82 Å². The van der Waals surface area contributed by atoms with Crippen LogP contribution in [0.5, 0.6) is 0 Å². The van der Waals surface area contributed by atoms with Crippen molar-refractivity contribution in [3.63, 3.8) is 0 Å². The van der Waals surface area contributed by atoms with Gasteiger partial charge in [-0.3, -0.25) is 19.5 Å². The number of amides is 1. The number of hydrogen-bond donors (Lipinski definition) is 2. The van der Waals surface area contributed by atoms with Gasteiger partial charge in [-0.2, -0.15) is 5.10 Å². The molecular weight excluding hydrogens is 406 g/mol. The molecular formula is C21H18ClN5O3. The summed E-state index contributed by atoms with van der Waals surface area (Å²) in [5.41, 5.74) is 0.233. The number of rotatable bonds is 6. The van der Waals surface area contributed by atoms with Crippen molar-refractivity contribution in [1.29, 1.82) is 0 Å². The monoisotopic (exact) mass is 423 g/mol. The van der Waals surface area contributed by atoms with Crippen molar-refractivity contribution in [2.24, 2.45) is 0 Å². The number of nitrogens with zero attached hydrogens (tertiary/aromatic N) is 3. The first-order chi connectivity index (χ1) is 14.5. The average Bonchev–Trinajstić information content (AvgIpc) is 3.16. The van der Waals surface area contributed by atoms with Crippen LogP contribution in [0.3, 0.4) is 0 Å². The van der Waals surface area contributed by atoms with Gasteiger partial charge in [-0.1, -0.05) is 35.9 Å². The second-order valence-electron chi connectivity index (χ2n) is 6.75. The molecule has 0 saturated heterocycles. The Morgan fingerprint density at radius 1 is 1.07 bits per heavy atom. The Labute approximate surface area is 175 Å². The van der Waals surface area contributed by atoms with Gasteiger partial charge in [-0.05, 0) is 29.8 Å². The SMILES string of the molecule is O=C(CCn1[nH]c(=O)c2ccccc2c1=O)Nc1ccnn1Cc1cccc(Cl)c1. The van der Waals surface area contributed by atoms with Gasteiger partial charge >= 0.3 is 0 Å². The van der Waals surface area contributed by atoms with E-state index in [1.807, 2.05) is 18.2 Å². The quantitative estimate of drug-likeness (QED) is 0.497. The number of hydrogen-bond acceptors (Lipinski definition) is 4. The Morgan fingerprint density at radius 3 is 2.67 bits per heavy atom. The molecule has 2 heterocycles. The number of aromatic amines is 1. The minimum atomic E-state index is -0.370. The van der Waals surface area contributed by atoms with Crippen molar-refractivity contribution in [1.82, 2.24) is 19.6 Å². The maximum absolute atomic E-state index is 12.5. The van der Waals surface area contributed by atoms with Crippen LogP contribution in [0.1, 0.15) is 12.0 Å². The van der Waals surface area contributed by atoms with E-state index < -0.39 is 0 Å². The Kier molecular flexibility index (Phi) is 5.49. The van der Waals surface area contributed by atoms with Crippen LogP contribution in [-0.4, -0.2) is 25.5 Å². The third-order valence-electron chi connectivity index (χ3n) is 4.65. The second kappa shape index (κ2) is 8.38. The third-order valence-corrected chi connectivity index (χ3v) is 4.89. The van der Waals surface area contributed by atoms with Crippen LogP contribution in [0, 0.1) is 0 Å². The third kappa shape index (κ3) is 4.18. The van der Waals surface area contributed by atoms with Crippen LogP contribution in [-0.2, 0) is 17.9 Å². The molecule has 0 bridgehead atoms. The Balaban J connectivity index is 1.45. The van der Waals surface area contributed by atoms with Crippen molar-refractivity contribution < 1.29 is 4.79 Å². The number of benzene rings is 2. The van der Waals surface area contributed by atoms with Gasteiger partial charge in [-0.25, -0.2) is 9.36 Å². The lowest BCUT2D eigenvalue weighted by atomic mass is 10.2. The summed E-state index contributed by atoms with van der Waals surface area (Å²) in [4.78, 5) is 37.1. The zero-order valence-corrected chi connectivity index (χ0v) is 16.6. The molecule has 0 unspecified atom stereocenters. The van der Waals surface area contributed by atoms with Gasteiger partial charge in [0.2, 0.25) is 5.91 Å². The van der Waals surface area contributed by atoms with Crippen molar-refractivity contribution in [3.05, 3.63) is 92.1 Å². The number of anilines is 1. The summed E-state index contributed by atoms with van der Waals surface area (Å²) in [5.74, 6) is 0.225. The van der Waals surface area contributed by atoms with Crippen LogP contribution in [0.25, 0.3) is 10.8 Å². The summed E-state index contributed by atoms with van der Waals surface area (Å²) in [7, 11) is 0. The van der Waals surface area contributed by atoms with Crippen LogP contribution >= 0.6 is 11.6 Å². The van der Waals surface area contributed by atoms with E-state index in [0.717, 1.165) is 10.2 Å². The van der Waals surface area contributed by atoms with E-state index in [-0.39, 0.29) is 30.0 Å². The number of fused-ring (bicyclic) bond motifs is 1. The maximum Gasteiger partial charge on any atom is 0.273 e. The molecule has 0 saturated carbocycles. The Hall–Kier alpha value is -3.65. The van der Waals surface area contributed by atoms with Gasteiger partial charge in [0, 0.05) is 17.5 Å². The summed E-state index contributed by atoms with van der Waals surface area (Å²) in [5, 5.41) is 10.8. The van der Waals surface area contributed by atoms with E-state index in [4.69, 9.17) is 11.6 Å². The fourth-order valence-corrected chi connectivity index (χ4v) is 3.41. The fourth-order valence-electron chi connectivity index (χ4n) is 3.20. The number of nitrogens with one attached hydrogen (secondary N) is 2. The van der Waals surface area contributed by atoms with E-state index in [2.05, 4.69) is 15.5 Å². The molecule has 0 fully saturated rings. The molecule has 4 aromatic rings. The van der Waals surface area contributed by atoms with Gasteiger partial charge in [0.25, 0.3) is 11.1 Å². The zero-order chi connectivity index (χ0) is 21.1. The van der Waals surface area contributed by atoms with Crippen molar-refractivity contribution >= 4 is 34.1 Å². The highest BCUT2D eigenvalue weighted by molar-refractivity contribution is 6.30. The summed E-state index contributed by atoms with van der Waals surface area (Å²) in [6.45, 7) is 0.494. The summed E-state index contributed by atoms with van der Waals surface area (Å²) < 4.78 is 2.81. The van der Waals surface area contributed by atoms with E-state index in [0.29, 0.717) is 28.2 Å². The lowest BCUT2D eigenvalue weighted by Gasteiger charge is -2.10. The van der Waals surface area contributed by atoms with E-state index >= 15 is 0 Å². The summed E-state index contributed by atoms with van der Waals surface area (Å²) in [6.07, 6.45) is 1.60. The number of aryl methyl sites for hydroxylation is 1. The molecule has 0 spiro atoms. The molecule has 0 aliphatic carbocycles. The minimum absolute atomic E-state index is 0.0104. The molecule has 8 nitrogen and oxygen atoms in total. The van der Waals surface area contributed by atoms with Crippen LogP contribution in [0.15, 0.2) is 70.4 Å². The molecule has 152 valence electrons. The molecule has 1 amide bonds. The molecule has 0 atom stereocenters. The number of aromatic nitrogens is 4. The normalized spacial score (nSPS) is 11.0. The lowest BCUT2D eigenvalue weighted by molar-refractivity contribution is -0.116.